The van der Waals surface area contributed by atoms with Gasteiger partial charge < -0.3 is 5.32 Å². The van der Waals surface area contributed by atoms with Crippen LogP contribution in [-0.4, -0.2) is 14.3 Å². The Hall–Kier alpha value is -2.61. The Morgan fingerprint density at radius 3 is 2.47 bits per heavy atom. The van der Waals surface area contributed by atoms with Crippen LogP contribution >= 0.6 is 22.9 Å². The van der Waals surface area contributed by atoms with Crippen LogP contribution in [-0.2, 0) is 14.8 Å². The number of sulfonamides is 1. The quantitative estimate of drug-likeness (QED) is 0.437. The average Bonchev–Trinajstić information content (AvgIpc) is 3.27. The number of hydrogen-bond acceptors (Lipinski definition) is 4. The van der Waals surface area contributed by atoms with Gasteiger partial charge >= 0.3 is 0 Å². The zero-order valence-corrected chi connectivity index (χ0v) is 18.6. The predicted octanol–water partition coefficient (Wildman–Crippen LogP) is 5.48. The first-order valence-electron chi connectivity index (χ1n) is 9.28. The van der Waals surface area contributed by atoms with Gasteiger partial charge in [0.1, 0.15) is 0 Å². The molecule has 2 N–H and O–H groups in total. The highest BCUT2D eigenvalue weighted by Gasteiger charge is 2.15. The fourth-order valence-electron chi connectivity index (χ4n) is 2.76. The van der Waals surface area contributed by atoms with Crippen LogP contribution in [0.1, 0.15) is 29.8 Å². The third-order valence-corrected chi connectivity index (χ3v) is 7.04. The zero-order valence-electron chi connectivity index (χ0n) is 16.2. The van der Waals surface area contributed by atoms with Crippen LogP contribution in [0, 0.1) is 0 Å². The Bertz CT molecular complexity index is 1130. The largest absolute Gasteiger partial charge is 0.345 e. The van der Waals surface area contributed by atoms with E-state index in [4.69, 9.17) is 11.6 Å². The molecule has 0 saturated carbocycles. The summed E-state index contributed by atoms with van der Waals surface area (Å²) in [6.07, 6.45) is 3.89. The summed E-state index contributed by atoms with van der Waals surface area (Å²) in [6.45, 7) is 2.02. The first-order chi connectivity index (χ1) is 14.4. The Morgan fingerprint density at radius 1 is 1.10 bits per heavy atom. The molecule has 5 nitrogen and oxygen atoms in total. The van der Waals surface area contributed by atoms with Crippen molar-refractivity contribution in [2.24, 2.45) is 0 Å². The second kappa shape index (κ2) is 9.93. The van der Waals surface area contributed by atoms with E-state index in [1.807, 2.05) is 24.4 Å². The number of carbonyl (C=O) groups is 1. The van der Waals surface area contributed by atoms with Crippen LogP contribution in [0.3, 0.4) is 0 Å². The van der Waals surface area contributed by atoms with Crippen LogP contribution in [0.2, 0.25) is 5.02 Å². The minimum Gasteiger partial charge on any atom is -0.345 e. The number of anilines is 1. The van der Waals surface area contributed by atoms with Crippen molar-refractivity contribution in [1.29, 1.82) is 0 Å². The van der Waals surface area contributed by atoms with Crippen molar-refractivity contribution in [2.45, 2.75) is 24.3 Å². The van der Waals surface area contributed by atoms with Crippen molar-refractivity contribution in [3.05, 3.63) is 87.6 Å². The molecule has 1 atom stereocenters. The van der Waals surface area contributed by atoms with Gasteiger partial charge in [-0.3, -0.25) is 9.52 Å². The molecule has 0 radical (unpaired) electrons. The van der Waals surface area contributed by atoms with Crippen molar-refractivity contribution < 1.29 is 13.2 Å². The molecule has 0 aliphatic rings. The minimum atomic E-state index is -3.76. The van der Waals surface area contributed by atoms with Gasteiger partial charge in [-0.25, -0.2) is 8.42 Å². The Morgan fingerprint density at radius 2 is 1.83 bits per heavy atom. The smallest absolute Gasteiger partial charge is 0.261 e. The Kier molecular flexibility index (Phi) is 7.31. The van der Waals surface area contributed by atoms with E-state index in [-0.39, 0.29) is 16.8 Å². The summed E-state index contributed by atoms with van der Waals surface area (Å²) in [6, 6.07) is 16.8. The molecule has 8 heteroatoms. The number of amides is 1. The lowest BCUT2D eigenvalue weighted by Gasteiger charge is -2.13. The molecule has 1 aromatic heterocycles. The van der Waals surface area contributed by atoms with Crippen LogP contribution in [0.4, 0.5) is 5.69 Å². The predicted molar refractivity (Wildman–Crippen MR) is 123 cm³/mol. The Balaban J connectivity index is 1.65. The molecule has 2 aromatic carbocycles. The van der Waals surface area contributed by atoms with E-state index in [0.29, 0.717) is 16.3 Å². The van der Waals surface area contributed by atoms with E-state index in [0.717, 1.165) is 11.3 Å². The first kappa shape index (κ1) is 22.1. The lowest BCUT2D eigenvalue weighted by molar-refractivity contribution is -0.117. The Labute approximate surface area is 185 Å². The highest BCUT2D eigenvalue weighted by molar-refractivity contribution is 7.92. The zero-order chi connectivity index (χ0) is 21.6. The summed E-state index contributed by atoms with van der Waals surface area (Å²) in [5.74, 6) is -0.202. The van der Waals surface area contributed by atoms with Gasteiger partial charge in [-0.15, -0.1) is 11.3 Å². The molecule has 1 amide bonds. The van der Waals surface area contributed by atoms with Crippen molar-refractivity contribution in [3.63, 3.8) is 0 Å². The highest BCUT2D eigenvalue weighted by atomic mass is 35.5. The molecule has 0 aliphatic heterocycles. The topological polar surface area (TPSA) is 75.3 Å². The SMILES string of the molecule is CCC(NC(=O)C=Cc1ccc(S(=O)(=O)Nc2ccccc2Cl)cc1)c1cccs1. The molecule has 1 heterocycles. The molecule has 3 aromatic rings. The summed E-state index contributed by atoms with van der Waals surface area (Å²) in [7, 11) is -3.76. The lowest BCUT2D eigenvalue weighted by Crippen LogP contribution is -2.25. The molecule has 156 valence electrons. The van der Waals surface area contributed by atoms with Crippen LogP contribution in [0.15, 0.2) is 77.0 Å². The maximum absolute atomic E-state index is 12.5. The summed E-state index contributed by atoms with van der Waals surface area (Å²) in [4.78, 5) is 13.4. The van der Waals surface area contributed by atoms with Crippen molar-refractivity contribution in [2.75, 3.05) is 4.72 Å². The number of benzene rings is 2. The van der Waals surface area contributed by atoms with Crippen molar-refractivity contribution in [3.8, 4) is 0 Å². The molecule has 1 unspecified atom stereocenters. The lowest BCUT2D eigenvalue weighted by atomic mass is 10.2. The van der Waals surface area contributed by atoms with Gasteiger partial charge in [0.05, 0.1) is 21.6 Å². The normalized spacial score (nSPS) is 12.6. The summed E-state index contributed by atoms with van der Waals surface area (Å²) < 4.78 is 27.6. The molecule has 0 saturated heterocycles. The standard InChI is InChI=1S/C22H21ClN2O3S2/c1-2-19(21-8-5-15-29-21)24-22(26)14-11-16-9-12-17(13-10-16)30(27,28)25-20-7-4-3-6-18(20)23/h3-15,19,25H,2H2,1H3,(H,24,26). The third-order valence-electron chi connectivity index (χ3n) is 4.35. The minimum absolute atomic E-state index is 0.0226. The first-order valence-corrected chi connectivity index (χ1v) is 12.0. The van der Waals surface area contributed by atoms with Gasteiger partial charge in [0.2, 0.25) is 5.91 Å². The molecular weight excluding hydrogens is 440 g/mol. The maximum Gasteiger partial charge on any atom is 0.261 e. The van der Waals surface area contributed by atoms with E-state index in [1.165, 1.54) is 18.2 Å². The number of para-hydroxylation sites is 1. The number of carbonyl (C=O) groups excluding carboxylic acids is 1. The molecular formula is C22H21ClN2O3S2. The number of rotatable bonds is 8. The number of thiophene rings is 1. The van der Waals surface area contributed by atoms with E-state index >= 15 is 0 Å². The van der Waals surface area contributed by atoms with Crippen LogP contribution in [0.5, 0.6) is 0 Å². The van der Waals surface area contributed by atoms with Crippen molar-refractivity contribution in [1.82, 2.24) is 5.32 Å². The molecule has 0 aliphatic carbocycles. The van der Waals surface area contributed by atoms with Crippen molar-refractivity contribution >= 4 is 50.6 Å². The molecule has 0 bridgehead atoms. The van der Waals surface area contributed by atoms with Gasteiger partial charge in [-0.05, 0) is 53.8 Å². The summed E-state index contributed by atoms with van der Waals surface area (Å²) >= 11 is 7.63. The van der Waals surface area contributed by atoms with E-state index < -0.39 is 10.0 Å². The van der Waals surface area contributed by atoms with E-state index in [2.05, 4.69) is 10.0 Å². The molecule has 0 fully saturated rings. The van der Waals surface area contributed by atoms with E-state index in [9.17, 15) is 13.2 Å². The van der Waals surface area contributed by atoms with Gasteiger partial charge in [0, 0.05) is 11.0 Å². The van der Waals surface area contributed by atoms with Gasteiger partial charge in [0.15, 0.2) is 0 Å². The molecule has 30 heavy (non-hydrogen) atoms. The fourth-order valence-corrected chi connectivity index (χ4v) is 4.94. The second-order valence-corrected chi connectivity index (χ2v) is 9.54. The van der Waals surface area contributed by atoms with E-state index in [1.54, 1.807) is 53.8 Å². The maximum atomic E-state index is 12.5. The van der Waals surface area contributed by atoms with Gasteiger partial charge in [-0.1, -0.05) is 48.9 Å². The molecule has 0 spiro atoms. The van der Waals surface area contributed by atoms with Crippen LogP contribution < -0.4 is 10.0 Å². The number of halogens is 1. The van der Waals surface area contributed by atoms with Crippen LogP contribution in [0.25, 0.3) is 6.08 Å². The third kappa shape index (κ3) is 5.72. The number of hydrogen-bond donors (Lipinski definition) is 2. The monoisotopic (exact) mass is 460 g/mol. The van der Waals surface area contributed by atoms with Gasteiger partial charge in [0.25, 0.3) is 10.0 Å². The molecule has 3 rings (SSSR count). The summed E-state index contributed by atoms with van der Waals surface area (Å²) in [5.41, 5.74) is 1.03. The highest BCUT2D eigenvalue weighted by Crippen LogP contribution is 2.24. The average molecular weight is 461 g/mol. The van der Waals surface area contributed by atoms with Gasteiger partial charge in [-0.2, -0.15) is 0 Å². The summed E-state index contributed by atoms with van der Waals surface area (Å²) in [5, 5.41) is 5.28. The fraction of sp³-hybridized carbons (Fsp3) is 0.136. The number of nitrogens with one attached hydrogen (secondary N) is 2. The second-order valence-electron chi connectivity index (χ2n) is 6.47.